The molecule has 0 aliphatic heterocycles. The van der Waals surface area contributed by atoms with E-state index in [1.807, 2.05) is 0 Å². The number of hydrogen-bond donors (Lipinski definition) is 1. The summed E-state index contributed by atoms with van der Waals surface area (Å²) in [6, 6.07) is 0. The average Bonchev–Trinajstić information content (AvgIpc) is 3.15. The molecule has 0 amide bonds. The summed E-state index contributed by atoms with van der Waals surface area (Å²) in [6.45, 7) is 0. The molecule has 4 aliphatic rings. The van der Waals surface area contributed by atoms with Crippen molar-refractivity contribution >= 4 is 10.1 Å². The highest BCUT2D eigenvalue weighted by Crippen LogP contribution is 2.71. The number of halogens is 4. The normalized spacial score (nSPS) is 47.2. The molecule has 22 heavy (non-hydrogen) atoms. The van der Waals surface area contributed by atoms with Crippen molar-refractivity contribution in [3.8, 4) is 0 Å². The molecule has 7 unspecified atom stereocenters. The van der Waals surface area contributed by atoms with Crippen LogP contribution in [0.5, 0.6) is 0 Å². The first-order valence-electron chi connectivity index (χ1n) is 7.78. The van der Waals surface area contributed by atoms with E-state index in [-0.39, 0.29) is 18.3 Å². The van der Waals surface area contributed by atoms with Gasteiger partial charge >= 0.3 is 21.3 Å². The first-order valence-corrected chi connectivity index (χ1v) is 9.22. The molecule has 0 aromatic heterocycles. The smallest absolute Gasteiger partial charge is 0.281 e. The minimum absolute atomic E-state index is 0.0124. The Morgan fingerprint density at radius 1 is 0.864 bits per heavy atom. The minimum atomic E-state index is -6.13. The fraction of sp³-hybridized carbons (Fsp3) is 1.00. The van der Waals surface area contributed by atoms with Crippen molar-refractivity contribution in [3.63, 3.8) is 0 Å². The molecule has 4 bridgehead atoms. The fourth-order valence-corrected chi connectivity index (χ4v) is 6.87. The molecule has 4 saturated carbocycles. The number of alkyl halides is 4. The van der Waals surface area contributed by atoms with E-state index in [9.17, 15) is 26.0 Å². The topological polar surface area (TPSA) is 54.4 Å². The second-order valence-electron chi connectivity index (χ2n) is 7.60. The Bertz CT molecular complexity index is 605. The molecule has 1 N–H and O–H groups in total. The van der Waals surface area contributed by atoms with Crippen LogP contribution in [0.15, 0.2) is 0 Å². The molecule has 7 atom stereocenters. The molecule has 0 spiro atoms. The lowest BCUT2D eigenvalue weighted by atomic mass is 9.66. The van der Waals surface area contributed by atoms with Gasteiger partial charge < -0.3 is 0 Å². The zero-order valence-electron chi connectivity index (χ0n) is 11.8. The van der Waals surface area contributed by atoms with E-state index >= 15 is 0 Å². The Balaban J connectivity index is 1.66. The van der Waals surface area contributed by atoms with E-state index in [4.69, 9.17) is 4.55 Å². The van der Waals surface area contributed by atoms with Gasteiger partial charge in [0, 0.05) is 5.92 Å². The molecule has 0 saturated heterocycles. The molecule has 8 heteroatoms. The maximum atomic E-state index is 14.3. The van der Waals surface area contributed by atoms with Gasteiger partial charge in [-0.1, -0.05) is 0 Å². The summed E-state index contributed by atoms with van der Waals surface area (Å²) in [6.07, 6.45) is 3.55. The van der Waals surface area contributed by atoms with Crippen molar-refractivity contribution < 1.29 is 30.5 Å². The molecule has 4 rings (SSSR count). The van der Waals surface area contributed by atoms with Crippen LogP contribution in [0.25, 0.3) is 0 Å². The zero-order chi connectivity index (χ0) is 16.1. The standard InChI is InChI=1S/C14H18F4O3S/c15-13(16,14(17,18)22(19,20)21)10-5-8-4-9(10)12-7-2-1-6(3-7)11(8)12/h6-12H,1-5H2,(H,19,20,21). The molecule has 126 valence electrons. The van der Waals surface area contributed by atoms with Crippen LogP contribution in [0.1, 0.15) is 32.1 Å². The van der Waals surface area contributed by atoms with Gasteiger partial charge in [-0.3, -0.25) is 4.55 Å². The van der Waals surface area contributed by atoms with Gasteiger partial charge in [0.2, 0.25) is 0 Å². The lowest BCUT2D eigenvalue weighted by Crippen LogP contribution is -2.54. The lowest BCUT2D eigenvalue weighted by molar-refractivity contribution is -0.209. The molecule has 0 aromatic rings. The Hall–Kier alpha value is -0.370. The van der Waals surface area contributed by atoms with E-state index in [2.05, 4.69) is 0 Å². The largest absolute Gasteiger partial charge is 0.431 e. The van der Waals surface area contributed by atoms with Crippen LogP contribution in [-0.4, -0.2) is 24.1 Å². The van der Waals surface area contributed by atoms with Crippen LogP contribution < -0.4 is 0 Å². The highest BCUT2D eigenvalue weighted by atomic mass is 32.2. The van der Waals surface area contributed by atoms with Gasteiger partial charge in [-0.15, -0.1) is 0 Å². The lowest BCUT2D eigenvalue weighted by Gasteiger charge is -2.42. The molecule has 0 aromatic carbocycles. The van der Waals surface area contributed by atoms with Crippen molar-refractivity contribution in [2.45, 2.75) is 43.3 Å². The Morgan fingerprint density at radius 3 is 2.05 bits per heavy atom. The van der Waals surface area contributed by atoms with Crippen LogP contribution in [0.4, 0.5) is 17.6 Å². The van der Waals surface area contributed by atoms with Crippen molar-refractivity contribution in [2.24, 2.45) is 41.4 Å². The summed E-state index contributed by atoms with van der Waals surface area (Å²) in [5, 5.41) is -5.41. The van der Waals surface area contributed by atoms with Crippen LogP contribution >= 0.6 is 0 Å². The predicted molar refractivity (Wildman–Crippen MR) is 69.0 cm³/mol. The molecule has 4 fully saturated rings. The quantitative estimate of drug-likeness (QED) is 0.486. The van der Waals surface area contributed by atoms with Gasteiger partial charge in [0.05, 0.1) is 0 Å². The van der Waals surface area contributed by atoms with Crippen LogP contribution in [-0.2, 0) is 10.1 Å². The van der Waals surface area contributed by atoms with Crippen molar-refractivity contribution in [1.29, 1.82) is 0 Å². The maximum Gasteiger partial charge on any atom is 0.431 e. The third-order valence-corrected chi connectivity index (χ3v) is 7.83. The second kappa shape index (κ2) is 4.18. The summed E-state index contributed by atoms with van der Waals surface area (Å²) >= 11 is 0. The number of fused-ring (bicyclic) bond motifs is 9. The Labute approximate surface area is 126 Å². The van der Waals surface area contributed by atoms with E-state index in [1.165, 1.54) is 0 Å². The SMILES string of the molecule is O=S(=O)(O)C(F)(F)C(F)(F)C1CC2CC1C1C3CCC(C3)C21. The van der Waals surface area contributed by atoms with Crippen molar-refractivity contribution in [2.75, 3.05) is 0 Å². The summed E-state index contributed by atoms with van der Waals surface area (Å²) in [5.74, 6) is -5.58. The number of hydrogen-bond acceptors (Lipinski definition) is 2. The molecule has 0 radical (unpaired) electrons. The molecular weight excluding hydrogens is 324 g/mol. The van der Waals surface area contributed by atoms with Crippen molar-refractivity contribution in [3.05, 3.63) is 0 Å². The van der Waals surface area contributed by atoms with Gasteiger partial charge in [-0.2, -0.15) is 26.0 Å². The zero-order valence-corrected chi connectivity index (χ0v) is 12.6. The highest BCUT2D eigenvalue weighted by molar-refractivity contribution is 7.87. The van der Waals surface area contributed by atoms with E-state index < -0.39 is 33.1 Å². The molecule has 3 nitrogen and oxygen atoms in total. The van der Waals surface area contributed by atoms with Gasteiger partial charge in [0.25, 0.3) is 0 Å². The van der Waals surface area contributed by atoms with E-state index in [0.29, 0.717) is 24.2 Å². The van der Waals surface area contributed by atoms with E-state index in [1.54, 1.807) is 0 Å². The van der Waals surface area contributed by atoms with Gasteiger partial charge in [0.1, 0.15) is 0 Å². The van der Waals surface area contributed by atoms with Crippen LogP contribution in [0, 0.1) is 41.4 Å². The Kier molecular flexibility index (Phi) is 2.88. The molecular formula is C14H18F4O3S. The van der Waals surface area contributed by atoms with Gasteiger partial charge in [-0.25, -0.2) is 0 Å². The monoisotopic (exact) mass is 342 g/mol. The van der Waals surface area contributed by atoms with Crippen molar-refractivity contribution in [1.82, 2.24) is 0 Å². The highest BCUT2D eigenvalue weighted by Gasteiger charge is 2.75. The van der Waals surface area contributed by atoms with E-state index in [0.717, 1.165) is 19.3 Å². The van der Waals surface area contributed by atoms with Gasteiger partial charge in [0.15, 0.2) is 0 Å². The molecule has 4 aliphatic carbocycles. The predicted octanol–water partition coefficient (Wildman–Crippen LogP) is 3.42. The first kappa shape index (κ1) is 15.2. The minimum Gasteiger partial charge on any atom is -0.281 e. The number of rotatable bonds is 3. The van der Waals surface area contributed by atoms with Gasteiger partial charge in [-0.05, 0) is 67.6 Å². The van der Waals surface area contributed by atoms with Crippen LogP contribution in [0.3, 0.4) is 0 Å². The maximum absolute atomic E-state index is 14.3. The summed E-state index contributed by atoms with van der Waals surface area (Å²) in [5.41, 5.74) is 0. The van der Waals surface area contributed by atoms with Crippen LogP contribution in [0.2, 0.25) is 0 Å². The average molecular weight is 342 g/mol. The summed E-state index contributed by atoms with van der Waals surface area (Å²) < 4.78 is 85.8. The molecule has 0 heterocycles. The third-order valence-electron chi connectivity index (χ3n) is 6.91. The first-order chi connectivity index (χ1) is 10.1. The second-order valence-corrected chi connectivity index (χ2v) is 9.07. The Morgan fingerprint density at radius 2 is 1.45 bits per heavy atom. The summed E-state index contributed by atoms with van der Waals surface area (Å²) in [7, 11) is -6.13. The third kappa shape index (κ3) is 1.63. The fourth-order valence-electron chi connectivity index (χ4n) is 6.37. The summed E-state index contributed by atoms with van der Waals surface area (Å²) in [4.78, 5) is 0.